The molecule has 0 saturated carbocycles. The third-order valence-corrected chi connectivity index (χ3v) is 10.5. The van der Waals surface area contributed by atoms with Crippen LogP contribution in [0, 0.1) is 0 Å². The van der Waals surface area contributed by atoms with Crippen LogP contribution < -0.4 is 0 Å². The zero-order chi connectivity index (χ0) is 29.8. The minimum absolute atomic E-state index is 0.287. The van der Waals surface area contributed by atoms with E-state index in [1.54, 1.807) is 12.1 Å². The Balaban J connectivity index is 1.31. The van der Waals surface area contributed by atoms with Gasteiger partial charge in [-0.15, -0.1) is 0 Å². The lowest BCUT2D eigenvalue weighted by Gasteiger charge is -2.31. The Morgan fingerprint density at radius 2 is 0.750 bits per heavy atom. The average molecular weight is 567 g/mol. The van der Waals surface area contributed by atoms with Crippen molar-refractivity contribution in [1.82, 2.24) is 0 Å². The van der Waals surface area contributed by atoms with Crippen LogP contribution in [0.15, 0.2) is 133 Å². The quantitative estimate of drug-likeness (QED) is 0.219. The molecule has 2 nitrogen and oxygen atoms in total. The maximum Gasteiger partial charge on any atom is 0.116 e. The number of rotatable bonds is 2. The number of hydrogen-bond acceptors (Lipinski definition) is 2. The molecule has 210 valence electrons. The molecule has 2 heteroatoms. The molecule has 7 aromatic rings. The van der Waals surface area contributed by atoms with E-state index in [4.69, 9.17) is 0 Å². The molecule has 0 radical (unpaired) electrons. The van der Waals surface area contributed by atoms with Gasteiger partial charge in [0.2, 0.25) is 0 Å². The molecule has 7 aromatic carbocycles. The summed E-state index contributed by atoms with van der Waals surface area (Å²) in [6, 6.07) is 47.2. The molecule has 0 aliphatic heterocycles. The normalized spacial score (nSPS) is 19.5. The van der Waals surface area contributed by atoms with E-state index in [1.807, 2.05) is 24.3 Å². The molecule has 0 aromatic heterocycles. The lowest BCUT2D eigenvalue weighted by Crippen LogP contribution is -2.24. The van der Waals surface area contributed by atoms with Crippen LogP contribution in [0.2, 0.25) is 0 Å². The highest BCUT2D eigenvalue weighted by Gasteiger charge is 2.46. The van der Waals surface area contributed by atoms with Crippen LogP contribution in [-0.4, -0.2) is 10.2 Å². The summed E-state index contributed by atoms with van der Waals surface area (Å²) in [6.45, 7) is 4.73. The second-order valence-electron chi connectivity index (χ2n) is 12.8. The monoisotopic (exact) mass is 566 g/mol. The smallest absolute Gasteiger partial charge is 0.116 e. The number of hydrogen-bond donors (Lipinski definition) is 2. The molecule has 2 aliphatic carbocycles. The zero-order valence-corrected chi connectivity index (χ0v) is 24.6. The Morgan fingerprint density at radius 3 is 1.20 bits per heavy atom. The third-order valence-electron chi connectivity index (χ3n) is 10.5. The molecule has 0 heterocycles. The van der Waals surface area contributed by atoms with Gasteiger partial charge in [0.25, 0.3) is 0 Å². The number of phenols is 2. The Hall–Kier alpha value is -5.34. The van der Waals surface area contributed by atoms with Crippen LogP contribution in [-0.2, 0) is 10.8 Å². The minimum Gasteiger partial charge on any atom is -0.508 e. The molecule has 0 amide bonds. The molecule has 2 unspecified atom stereocenters. The summed E-state index contributed by atoms with van der Waals surface area (Å²) >= 11 is 0. The lowest BCUT2D eigenvalue weighted by atomic mass is 9.71. The summed E-state index contributed by atoms with van der Waals surface area (Å²) in [5, 5.41) is 24.5. The van der Waals surface area contributed by atoms with E-state index in [0.717, 1.165) is 21.5 Å². The van der Waals surface area contributed by atoms with Crippen LogP contribution in [0.25, 0.3) is 43.8 Å². The van der Waals surface area contributed by atoms with E-state index >= 15 is 0 Å². The van der Waals surface area contributed by atoms with Crippen LogP contribution >= 0.6 is 0 Å². The molecule has 9 rings (SSSR count). The van der Waals surface area contributed by atoms with E-state index in [-0.39, 0.29) is 22.3 Å². The fourth-order valence-corrected chi connectivity index (χ4v) is 8.18. The van der Waals surface area contributed by atoms with E-state index in [0.29, 0.717) is 0 Å². The number of benzene rings is 7. The van der Waals surface area contributed by atoms with Crippen LogP contribution in [0.4, 0.5) is 0 Å². The van der Waals surface area contributed by atoms with E-state index in [2.05, 4.69) is 111 Å². The molecular formula is C42H30O2. The summed E-state index contributed by atoms with van der Waals surface area (Å²) in [7, 11) is 0. The molecule has 2 N–H and O–H groups in total. The van der Waals surface area contributed by atoms with Crippen molar-refractivity contribution in [3.63, 3.8) is 0 Å². The first-order valence-electron chi connectivity index (χ1n) is 15.2. The first-order chi connectivity index (χ1) is 21.4. The van der Waals surface area contributed by atoms with Crippen LogP contribution in [0.5, 0.6) is 11.5 Å². The molecular weight excluding hydrogens is 536 g/mol. The van der Waals surface area contributed by atoms with Gasteiger partial charge in [0, 0.05) is 10.8 Å². The maximum atomic E-state index is 10.1. The van der Waals surface area contributed by atoms with Crippen molar-refractivity contribution in [2.24, 2.45) is 0 Å². The van der Waals surface area contributed by atoms with E-state index in [9.17, 15) is 10.2 Å². The highest BCUT2D eigenvalue weighted by Crippen LogP contribution is 2.59. The van der Waals surface area contributed by atoms with Gasteiger partial charge in [-0.05, 0) is 140 Å². The number of aromatic hydroxyl groups is 2. The molecule has 44 heavy (non-hydrogen) atoms. The maximum absolute atomic E-state index is 10.1. The summed E-state index contributed by atoms with van der Waals surface area (Å²) in [5.41, 5.74) is 12.2. The Labute approximate surface area is 256 Å². The van der Waals surface area contributed by atoms with Gasteiger partial charge in [-0.25, -0.2) is 0 Å². The fraction of sp³-hybridized carbons (Fsp3) is 0.0952. The Kier molecular flexibility index (Phi) is 4.93. The molecule has 0 fully saturated rings. The molecule has 2 aliphatic rings. The van der Waals surface area contributed by atoms with Crippen molar-refractivity contribution in [2.45, 2.75) is 24.7 Å². The zero-order valence-electron chi connectivity index (χ0n) is 24.6. The summed E-state index contributed by atoms with van der Waals surface area (Å²) in [4.78, 5) is 0. The van der Waals surface area contributed by atoms with Crippen molar-refractivity contribution in [3.05, 3.63) is 167 Å². The largest absolute Gasteiger partial charge is 0.508 e. The van der Waals surface area contributed by atoms with Gasteiger partial charge in [0.15, 0.2) is 0 Å². The van der Waals surface area contributed by atoms with E-state index < -0.39 is 0 Å². The van der Waals surface area contributed by atoms with Crippen LogP contribution in [0.1, 0.15) is 47.2 Å². The molecule has 2 atom stereocenters. The van der Waals surface area contributed by atoms with Gasteiger partial charge in [-0.2, -0.15) is 0 Å². The van der Waals surface area contributed by atoms with Crippen molar-refractivity contribution in [2.75, 3.05) is 0 Å². The standard InChI is InChI=1S/C42H30O2/c1-41(29-15-11-27-21-31(43)17-13-25(27)19-29)37-9-5-3-7-33(37)35-24-40-36(23-39(35)41)34-8-4-6-10-38(34)42(40,2)30-16-12-28-22-32(44)18-14-26(28)20-30/h3-24,43-44H,1-2H3. The van der Waals surface area contributed by atoms with Gasteiger partial charge in [0.1, 0.15) is 11.5 Å². The second-order valence-corrected chi connectivity index (χ2v) is 12.8. The SMILES string of the molecule is CC1(c2ccc3cc(O)ccc3c2)c2ccccc2-c2cc3c(cc21)-c1ccccc1C3(C)c1ccc2cc(O)ccc2c1. The Morgan fingerprint density at radius 1 is 0.364 bits per heavy atom. The van der Waals surface area contributed by atoms with E-state index in [1.165, 1.54) is 55.6 Å². The van der Waals surface area contributed by atoms with Gasteiger partial charge in [-0.3, -0.25) is 0 Å². The molecule has 0 bridgehead atoms. The first-order valence-corrected chi connectivity index (χ1v) is 15.2. The third kappa shape index (κ3) is 3.20. The van der Waals surface area contributed by atoms with Gasteiger partial charge in [-0.1, -0.05) is 84.9 Å². The minimum atomic E-state index is -0.341. The van der Waals surface area contributed by atoms with Crippen molar-refractivity contribution >= 4 is 21.5 Å². The van der Waals surface area contributed by atoms with Crippen molar-refractivity contribution in [3.8, 4) is 33.8 Å². The van der Waals surface area contributed by atoms with Crippen molar-refractivity contribution < 1.29 is 10.2 Å². The van der Waals surface area contributed by atoms with Gasteiger partial charge >= 0.3 is 0 Å². The second kappa shape index (κ2) is 8.61. The van der Waals surface area contributed by atoms with Gasteiger partial charge in [0.05, 0.1) is 0 Å². The first kappa shape index (κ1) is 25.2. The molecule has 0 spiro atoms. The average Bonchev–Trinajstić information content (AvgIpc) is 3.46. The highest BCUT2D eigenvalue weighted by molar-refractivity contribution is 5.94. The lowest BCUT2D eigenvalue weighted by molar-refractivity contribution is 0.475. The summed E-state index contributed by atoms with van der Waals surface area (Å²) in [5.74, 6) is 0.574. The number of fused-ring (bicyclic) bond motifs is 8. The van der Waals surface area contributed by atoms with Crippen LogP contribution in [0.3, 0.4) is 0 Å². The Bertz CT molecular complexity index is 2180. The van der Waals surface area contributed by atoms with Crippen molar-refractivity contribution in [1.29, 1.82) is 0 Å². The highest BCUT2D eigenvalue weighted by atomic mass is 16.3. The number of phenolic OH excluding ortho intramolecular Hbond substituents is 2. The predicted octanol–water partition coefficient (Wildman–Crippen LogP) is 10.1. The summed E-state index contributed by atoms with van der Waals surface area (Å²) < 4.78 is 0. The predicted molar refractivity (Wildman–Crippen MR) is 180 cm³/mol. The fourth-order valence-electron chi connectivity index (χ4n) is 8.18. The van der Waals surface area contributed by atoms with Gasteiger partial charge < -0.3 is 10.2 Å². The molecule has 0 saturated heterocycles. The summed E-state index contributed by atoms with van der Waals surface area (Å²) in [6.07, 6.45) is 0. The topological polar surface area (TPSA) is 40.5 Å².